The molecule has 4 nitrogen and oxygen atoms in total. The molecule has 1 aromatic heterocycles. The number of piperidine rings is 1. The lowest BCUT2D eigenvalue weighted by Crippen LogP contribution is -2.45. The molecule has 1 aromatic carbocycles. The number of hydrogen-bond acceptors (Lipinski definition) is 4. The highest BCUT2D eigenvalue weighted by Crippen LogP contribution is 2.16. The first-order chi connectivity index (χ1) is 12.2. The molecule has 1 aliphatic heterocycles. The van der Waals surface area contributed by atoms with Gasteiger partial charge in [-0.25, -0.2) is 0 Å². The first kappa shape index (κ1) is 17.9. The van der Waals surface area contributed by atoms with E-state index in [1.165, 1.54) is 24.0 Å². The minimum absolute atomic E-state index is 0.341. The van der Waals surface area contributed by atoms with E-state index in [4.69, 9.17) is 0 Å². The maximum Gasteiger partial charge on any atom is 0.115 e. The van der Waals surface area contributed by atoms with Crippen LogP contribution in [0.1, 0.15) is 37.3 Å². The lowest BCUT2D eigenvalue weighted by molar-refractivity contribution is 0.184. The van der Waals surface area contributed by atoms with Crippen molar-refractivity contribution in [2.45, 2.75) is 51.2 Å². The van der Waals surface area contributed by atoms with E-state index in [0.717, 1.165) is 32.5 Å². The van der Waals surface area contributed by atoms with Crippen molar-refractivity contribution >= 4 is 0 Å². The molecule has 2 aromatic rings. The quantitative estimate of drug-likeness (QED) is 0.812. The zero-order chi connectivity index (χ0) is 17.5. The van der Waals surface area contributed by atoms with E-state index in [2.05, 4.69) is 34.3 Å². The van der Waals surface area contributed by atoms with E-state index in [1.807, 2.05) is 24.5 Å². The Kier molecular flexibility index (Phi) is 6.42. The number of aromatic hydroxyl groups is 1. The topological polar surface area (TPSA) is 48.4 Å². The summed E-state index contributed by atoms with van der Waals surface area (Å²) in [7, 11) is 0. The maximum absolute atomic E-state index is 9.35. The monoisotopic (exact) mass is 339 g/mol. The van der Waals surface area contributed by atoms with Crippen molar-refractivity contribution in [1.29, 1.82) is 0 Å². The minimum Gasteiger partial charge on any atom is -0.508 e. The molecule has 0 spiro atoms. The summed E-state index contributed by atoms with van der Waals surface area (Å²) in [6.07, 6.45) is 8.36. The van der Waals surface area contributed by atoms with Gasteiger partial charge in [0.2, 0.25) is 0 Å². The molecule has 0 saturated carbocycles. The largest absolute Gasteiger partial charge is 0.508 e. The van der Waals surface area contributed by atoms with Crippen LogP contribution in [-0.4, -0.2) is 40.2 Å². The molecule has 1 atom stereocenters. The summed E-state index contributed by atoms with van der Waals surface area (Å²) in [5, 5.41) is 13.1. The summed E-state index contributed by atoms with van der Waals surface area (Å²) < 4.78 is 0. The summed E-state index contributed by atoms with van der Waals surface area (Å²) >= 11 is 0. The van der Waals surface area contributed by atoms with Crippen LogP contribution in [0, 0.1) is 0 Å². The zero-order valence-corrected chi connectivity index (χ0v) is 15.1. The maximum atomic E-state index is 9.35. The van der Waals surface area contributed by atoms with Crippen LogP contribution in [0.5, 0.6) is 5.75 Å². The lowest BCUT2D eigenvalue weighted by Gasteiger charge is -2.34. The van der Waals surface area contributed by atoms with Gasteiger partial charge >= 0.3 is 0 Å². The van der Waals surface area contributed by atoms with E-state index >= 15 is 0 Å². The molecule has 1 aliphatic rings. The van der Waals surface area contributed by atoms with Gasteiger partial charge in [0, 0.05) is 31.0 Å². The molecular formula is C21H29N3O. The molecule has 4 heteroatoms. The average Bonchev–Trinajstić information content (AvgIpc) is 2.64. The summed E-state index contributed by atoms with van der Waals surface area (Å²) in [6, 6.07) is 12.9. The number of phenols is 1. The fourth-order valence-corrected chi connectivity index (χ4v) is 3.54. The first-order valence-corrected chi connectivity index (χ1v) is 9.34. The molecule has 0 radical (unpaired) electrons. The van der Waals surface area contributed by atoms with Crippen molar-refractivity contribution in [1.82, 2.24) is 15.2 Å². The molecule has 0 amide bonds. The van der Waals surface area contributed by atoms with Crippen LogP contribution < -0.4 is 5.32 Å². The Morgan fingerprint density at radius 2 is 1.76 bits per heavy atom. The molecular weight excluding hydrogens is 310 g/mol. The molecule has 0 bridgehead atoms. The number of pyridine rings is 1. The number of likely N-dealkylation sites (tertiary alicyclic amines) is 1. The van der Waals surface area contributed by atoms with Gasteiger partial charge in [0.25, 0.3) is 0 Å². The van der Waals surface area contributed by atoms with E-state index in [1.54, 1.807) is 12.1 Å². The van der Waals surface area contributed by atoms with Crippen LogP contribution in [-0.2, 0) is 13.0 Å². The van der Waals surface area contributed by atoms with Crippen LogP contribution in [0.15, 0.2) is 48.8 Å². The molecule has 25 heavy (non-hydrogen) atoms. The van der Waals surface area contributed by atoms with Crippen molar-refractivity contribution in [3.05, 3.63) is 59.9 Å². The van der Waals surface area contributed by atoms with Crippen molar-refractivity contribution in [3.8, 4) is 5.75 Å². The van der Waals surface area contributed by atoms with Gasteiger partial charge in [-0.05, 0) is 81.1 Å². The van der Waals surface area contributed by atoms with Crippen molar-refractivity contribution in [3.63, 3.8) is 0 Å². The number of rotatable bonds is 7. The number of hydrogen-bond donors (Lipinski definition) is 2. The Morgan fingerprint density at radius 3 is 2.44 bits per heavy atom. The Bertz CT molecular complexity index is 621. The van der Waals surface area contributed by atoms with Gasteiger partial charge in [-0.15, -0.1) is 0 Å². The normalized spacial score (nSPS) is 17.5. The fraction of sp³-hybridized carbons (Fsp3) is 0.476. The molecule has 3 rings (SSSR count). The second-order valence-corrected chi connectivity index (χ2v) is 7.18. The zero-order valence-electron chi connectivity index (χ0n) is 15.1. The van der Waals surface area contributed by atoms with Crippen LogP contribution in [0.3, 0.4) is 0 Å². The van der Waals surface area contributed by atoms with Crippen LogP contribution in [0.4, 0.5) is 0 Å². The van der Waals surface area contributed by atoms with Gasteiger partial charge in [-0.2, -0.15) is 0 Å². The Labute approximate surface area is 150 Å². The second-order valence-electron chi connectivity index (χ2n) is 7.18. The van der Waals surface area contributed by atoms with Crippen molar-refractivity contribution in [2.75, 3.05) is 13.1 Å². The van der Waals surface area contributed by atoms with Crippen LogP contribution in [0.25, 0.3) is 0 Å². The van der Waals surface area contributed by atoms with Gasteiger partial charge < -0.3 is 10.4 Å². The van der Waals surface area contributed by atoms with Gasteiger partial charge in [0.05, 0.1) is 0 Å². The molecule has 0 aliphatic carbocycles. The average molecular weight is 339 g/mol. The van der Waals surface area contributed by atoms with Crippen molar-refractivity contribution in [2.24, 2.45) is 0 Å². The third-order valence-electron chi connectivity index (χ3n) is 5.07. The van der Waals surface area contributed by atoms with E-state index in [9.17, 15) is 5.11 Å². The molecule has 0 unspecified atom stereocenters. The molecule has 134 valence electrons. The predicted molar refractivity (Wildman–Crippen MR) is 102 cm³/mol. The summed E-state index contributed by atoms with van der Waals surface area (Å²) in [4.78, 5) is 6.62. The number of benzene rings is 1. The third-order valence-corrected chi connectivity index (χ3v) is 5.07. The first-order valence-electron chi connectivity index (χ1n) is 9.34. The highest BCUT2D eigenvalue weighted by atomic mass is 16.3. The van der Waals surface area contributed by atoms with Gasteiger partial charge in [-0.3, -0.25) is 9.88 Å². The Hall–Kier alpha value is -1.91. The molecule has 1 fully saturated rings. The number of aromatic nitrogens is 1. The van der Waals surface area contributed by atoms with Gasteiger partial charge in [0.15, 0.2) is 0 Å². The Balaban J connectivity index is 1.36. The Morgan fingerprint density at radius 1 is 1.08 bits per heavy atom. The summed E-state index contributed by atoms with van der Waals surface area (Å²) in [5.74, 6) is 0.341. The smallest absolute Gasteiger partial charge is 0.115 e. The predicted octanol–water partition coefficient (Wildman–Crippen LogP) is 3.36. The summed E-state index contributed by atoms with van der Waals surface area (Å²) in [6.45, 7) is 5.63. The second kappa shape index (κ2) is 8.97. The minimum atomic E-state index is 0.341. The number of nitrogens with zero attached hydrogens (tertiary/aromatic N) is 2. The number of aryl methyl sites for hydroxylation is 1. The van der Waals surface area contributed by atoms with E-state index in [-0.39, 0.29) is 0 Å². The molecule has 2 heterocycles. The number of phenolic OH excluding ortho intramolecular Hbond substituents is 1. The highest BCUT2D eigenvalue weighted by Gasteiger charge is 2.20. The van der Waals surface area contributed by atoms with Crippen molar-refractivity contribution < 1.29 is 5.11 Å². The van der Waals surface area contributed by atoms with Gasteiger partial charge in [0.1, 0.15) is 5.75 Å². The molecule has 1 saturated heterocycles. The third kappa shape index (κ3) is 5.83. The fourth-order valence-electron chi connectivity index (χ4n) is 3.54. The summed E-state index contributed by atoms with van der Waals surface area (Å²) in [5.41, 5.74) is 2.64. The van der Waals surface area contributed by atoms with Crippen LogP contribution in [0.2, 0.25) is 0 Å². The number of nitrogens with one attached hydrogen (secondary N) is 1. The molecule has 2 N–H and O–H groups in total. The van der Waals surface area contributed by atoms with E-state index < -0.39 is 0 Å². The van der Waals surface area contributed by atoms with E-state index in [0.29, 0.717) is 17.8 Å². The SMILES string of the molecule is C[C@H](CCc1ccc(O)cc1)NC1CCN(Cc2ccncc2)CC1. The lowest BCUT2D eigenvalue weighted by atomic mass is 10.0. The highest BCUT2D eigenvalue weighted by molar-refractivity contribution is 5.25. The van der Waals surface area contributed by atoms with Crippen LogP contribution >= 0.6 is 0 Å². The van der Waals surface area contributed by atoms with Gasteiger partial charge in [-0.1, -0.05) is 12.1 Å². The standard InChI is InChI=1S/C21H29N3O/c1-17(2-3-18-4-6-21(25)7-5-18)23-20-10-14-24(15-11-20)16-19-8-12-22-13-9-19/h4-9,12-13,17,20,23,25H,2-3,10-11,14-16H2,1H3/t17-/m1/s1.